The molecule has 120 valence electrons. The minimum absolute atomic E-state index is 0.0307. The van der Waals surface area contributed by atoms with E-state index in [1.54, 1.807) is 30.3 Å². The van der Waals surface area contributed by atoms with E-state index in [9.17, 15) is 14.4 Å². The van der Waals surface area contributed by atoms with Crippen molar-refractivity contribution in [2.45, 2.75) is 6.10 Å². The van der Waals surface area contributed by atoms with Gasteiger partial charge in [-0.15, -0.1) is 0 Å². The normalized spacial score (nSPS) is 22.4. The number of nitrogens with zero attached hydrogens (tertiary/aromatic N) is 2. The Morgan fingerprint density at radius 3 is 2.54 bits per heavy atom. The lowest BCUT2D eigenvalue weighted by Gasteiger charge is -2.15. The zero-order chi connectivity index (χ0) is 16.8. The molecule has 7 nitrogen and oxygen atoms in total. The van der Waals surface area contributed by atoms with Crippen LogP contribution in [-0.4, -0.2) is 29.4 Å². The van der Waals surface area contributed by atoms with Crippen LogP contribution in [0, 0.1) is 5.92 Å². The maximum atomic E-state index is 12.7. The highest BCUT2D eigenvalue weighted by molar-refractivity contribution is 6.52. The Morgan fingerprint density at radius 2 is 1.88 bits per heavy atom. The number of Topliss-reactive ketones (excluding diaryl/α,β-unsaturated/α-hetero) is 1. The second-order valence-corrected chi connectivity index (χ2v) is 5.71. The van der Waals surface area contributed by atoms with E-state index in [1.165, 1.54) is 12.3 Å². The molecule has 3 heterocycles. The predicted octanol–water partition coefficient (Wildman–Crippen LogP) is 2.06. The zero-order valence-corrected chi connectivity index (χ0v) is 12.8. The summed E-state index contributed by atoms with van der Waals surface area (Å²) in [5.74, 6) is -2.76. The molecular formula is C16H9ClN2O5. The van der Waals surface area contributed by atoms with Gasteiger partial charge in [0.25, 0.3) is 5.91 Å². The predicted molar refractivity (Wildman–Crippen MR) is 82.8 cm³/mol. The summed E-state index contributed by atoms with van der Waals surface area (Å²) in [6.07, 6.45) is 0.199. The first-order chi connectivity index (χ1) is 11.6. The molecule has 1 aromatic heterocycles. The van der Waals surface area contributed by atoms with Crippen LogP contribution in [0.2, 0.25) is 5.02 Å². The summed E-state index contributed by atoms with van der Waals surface area (Å²) in [6, 6.07) is 9.22. The van der Waals surface area contributed by atoms with Crippen LogP contribution < -0.4 is 4.90 Å². The molecule has 1 fully saturated rings. The van der Waals surface area contributed by atoms with Gasteiger partial charge in [0.1, 0.15) is 11.6 Å². The highest BCUT2D eigenvalue weighted by Crippen LogP contribution is 2.34. The van der Waals surface area contributed by atoms with Crippen molar-refractivity contribution in [2.24, 2.45) is 11.1 Å². The first-order valence-electron chi connectivity index (χ1n) is 7.03. The largest absolute Gasteiger partial charge is 0.461 e. The fourth-order valence-corrected chi connectivity index (χ4v) is 2.87. The molecule has 0 aliphatic carbocycles. The van der Waals surface area contributed by atoms with Crippen LogP contribution in [0.5, 0.6) is 0 Å². The van der Waals surface area contributed by atoms with Gasteiger partial charge in [0.2, 0.25) is 17.8 Å². The maximum absolute atomic E-state index is 12.7. The molecule has 24 heavy (non-hydrogen) atoms. The number of carbonyl (C=O) groups excluding carboxylic acids is 3. The fourth-order valence-electron chi connectivity index (χ4n) is 2.74. The van der Waals surface area contributed by atoms with Crippen LogP contribution in [0.4, 0.5) is 5.69 Å². The second-order valence-electron chi connectivity index (χ2n) is 5.27. The van der Waals surface area contributed by atoms with Crippen LogP contribution in [-0.2, 0) is 14.4 Å². The van der Waals surface area contributed by atoms with Gasteiger partial charge in [-0.1, -0.05) is 16.8 Å². The van der Waals surface area contributed by atoms with Gasteiger partial charge in [0.15, 0.2) is 5.76 Å². The highest BCUT2D eigenvalue weighted by atomic mass is 35.5. The Hall–Kier alpha value is -2.93. The lowest BCUT2D eigenvalue weighted by Crippen LogP contribution is -2.34. The molecule has 0 spiro atoms. The first-order valence-corrected chi connectivity index (χ1v) is 7.41. The molecule has 2 aromatic rings. The number of benzene rings is 1. The number of oxime groups is 1. The van der Waals surface area contributed by atoms with Gasteiger partial charge in [-0.2, -0.15) is 0 Å². The van der Waals surface area contributed by atoms with Gasteiger partial charge in [-0.3, -0.25) is 14.4 Å². The van der Waals surface area contributed by atoms with Crippen LogP contribution >= 0.6 is 11.6 Å². The van der Waals surface area contributed by atoms with Crippen LogP contribution in [0.1, 0.15) is 10.6 Å². The van der Waals surface area contributed by atoms with E-state index in [0.29, 0.717) is 10.7 Å². The Bertz CT molecular complexity index is 872. The minimum Gasteiger partial charge on any atom is -0.461 e. The van der Waals surface area contributed by atoms with E-state index in [-0.39, 0.29) is 11.5 Å². The fraction of sp³-hybridized carbons (Fsp3) is 0.125. The van der Waals surface area contributed by atoms with Crippen molar-refractivity contribution in [1.29, 1.82) is 0 Å². The van der Waals surface area contributed by atoms with Gasteiger partial charge in [-0.05, 0) is 36.4 Å². The number of fused-ring (bicyclic) bond motifs is 1. The molecule has 0 bridgehead atoms. The Balaban J connectivity index is 1.67. The van der Waals surface area contributed by atoms with Gasteiger partial charge in [-0.25, -0.2) is 4.90 Å². The summed E-state index contributed by atoms with van der Waals surface area (Å²) in [4.78, 5) is 43.6. The lowest BCUT2D eigenvalue weighted by molar-refractivity contribution is -0.126. The highest BCUT2D eigenvalue weighted by Gasteiger charge is 2.57. The number of amides is 2. The van der Waals surface area contributed by atoms with Crippen molar-refractivity contribution in [3.8, 4) is 0 Å². The summed E-state index contributed by atoms with van der Waals surface area (Å²) in [6.45, 7) is 0. The van der Waals surface area contributed by atoms with E-state index in [0.717, 1.165) is 4.90 Å². The van der Waals surface area contributed by atoms with Crippen molar-refractivity contribution in [3.05, 3.63) is 53.4 Å². The quantitative estimate of drug-likeness (QED) is 0.628. The van der Waals surface area contributed by atoms with Crippen LogP contribution in [0.15, 0.2) is 52.2 Å². The number of anilines is 1. The van der Waals surface area contributed by atoms with Gasteiger partial charge in [0.05, 0.1) is 12.0 Å². The average molecular weight is 345 g/mol. The third-order valence-corrected chi connectivity index (χ3v) is 4.13. The number of furan rings is 1. The summed E-state index contributed by atoms with van der Waals surface area (Å²) < 4.78 is 5.03. The smallest absolute Gasteiger partial charge is 0.278 e. The van der Waals surface area contributed by atoms with E-state index in [4.69, 9.17) is 20.9 Å². The monoisotopic (exact) mass is 344 g/mol. The van der Waals surface area contributed by atoms with Gasteiger partial charge >= 0.3 is 0 Å². The summed E-state index contributed by atoms with van der Waals surface area (Å²) in [7, 11) is 0. The molecule has 2 atom stereocenters. The third-order valence-electron chi connectivity index (χ3n) is 3.87. The number of imide groups is 1. The van der Waals surface area contributed by atoms with Gasteiger partial charge < -0.3 is 9.25 Å². The molecule has 0 N–H and O–H groups in total. The molecule has 1 aromatic carbocycles. The summed E-state index contributed by atoms with van der Waals surface area (Å²) in [5.41, 5.74) is 0.224. The Labute approximate surface area is 140 Å². The van der Waals surface area contributed by atoms with E-state index < -0.39 is 29.6 Å². The molecule has 2 amide bonds. The van der Waals surface area contributed by atoms with E-state index >= 15 is 0 Å². The van der Waals surface area contributed by atoms with Crippen molar-refractivity contribution < 1.29 is 23.6 Å². The number of hydrogen-bond donors (Lipinski definition) is 0. The van der Waals surface area contributed by atoms with Crippen molar-refractivity contribution in [1.82, 2.24) is 0 Å². The zero-order valence-electron chi connectivity index (χ0n) is 12.0. The SMILES string of the molecule is O=C(C1=NO[C@H]2C(=O)N(c3ccc(Cl)cc3)C(=O)[C@@H]12)c1ccco1. The van der Waals surface area contributed by atoms with Crippen molar-refractivity contribution >= 4 is 40.6 Å². The van der Waals surface area contributed by atoms with Gasteiger partial charge in [0, 0.05) is 5.02 Å². The Morgan fingerprint density at radius 1 is 1.12 bits per heavy atom. The van der Waals surface area contributed by atoms with Crippen LogP contribution in [0.3, 0.4) is 0 Å². The molecule has 0 radical (unpaired) electrons. The molecular weight excluding hydrogens is 336 g/mol. The molecule has 1 saturated heterocycles. The topological polar surface area (TPSA) is 89.2 Å². The Kier molecular flexibility index (Phi) is 3.24. The first kappa shape index (κ1) is 14.6. The van der Waals surface area contributed by atoms with E-state index in [2.05, 4.69) is 5.16 Å². The molecule has 0 unspecified atom stereocenters. The lowest BCUT2D eigenvalue weighted by atomic mass is 9.96. The molecule has 2 aliphatic heterocycles. The number of hydrogen-bond acceptors (Lipinski definition) is 6. The third kappa shape index (κ3) is 2.05. The number of halogens is 1. The number of ketones is 1. The number of rotatable bonds is 3. The maximum Gasteiger partial charge on any atom is 0.278 e. The molecule has 2 aliphatic rings. The minimum atomic E-state index is -1.14. The van der Waals surface area contributed by atoms with Crippen molar-refractivity contribution in [3.63, 3.8) is 0 Å². The van der Waals surface area contributed by atoms with Crippen LogP contribution in [0.25, 0.3) is 0 Å². The average Bonchev–Trinajstić information content (AvgIpc) is 3.29. The molecule has 0 saturated carbocycles. The summed E-state index contributed by atoms with van der Waals surface area (Å²) >= 11 is 5.82. The number of carbonyl (C=O) groups is 3. The second kappa shape index (κ2) is 5.31. The van der Waals surface area contributed by atoms with E-state index in [1.807, 2.05) is 0 Å². The standard InChI is InChI=1S/C16H9ClN2O5/c17-8-3-5-9(6-4-8)19-15(21)11-12(18-24-14(11)16(19)22)13(20)10-2-1-7-23-10/h1-7,11,14H/t11-,14+/m0/s1. The molecule has 4 rings (SSSR count). The molecule has 8 heteroatoms. The summed E-state index contributed by atoms with van der Waals surface area (Å²) in [5, 5.41) is 4.11. The van der Waals surface area contributed by atoms with Crippen molar-refractivity contribution in [2.75, 3.05) is 4.90 Å².